The highest BCUT2D eigenvalue weighted by molar-refractivity contribution is 8.00. The van der Waals surface area contributed by atoms with Gasteiger partial charge in [0.15, 0.2) is 0 Å². The maximum atomic E-state index is 13.0. The molecule has 2 aromatic carbocycles. The molecule has 0 aromatic heterocycles. The fraction of sp³-hybridized carbons (Fsp3) is 0.417. The van der Waals surface area contributed by atoms with E-state index in [9.17, 15) is 9.59 Å². The maximum absolute atomic E-state index is 13.0. The average molecular weight is 477 g/mol. The first-order valence-electron chi connectivity index (χ1n) is 10.7. The minimum Gasteiger partial charge on any atom is -0.495 e. The van der Waals surface area contributed by atoms with Crippen LogP contribution in [0.5, 0.6) is 11.5 Å². The number of carbonyl (C=O) groups is 2. The molecule has 1 fully saturated rings. The zero-order chi connectivity index (χ0) is 22.9. The Kier molecular flexibility index (Phi) is 9.11. The van der Waals surface area contributed by atoms with E-state index in [4.69, 9.17) is 21.1 Å². The van der Waals surface area contributed by atoms with Gasteiger partial charge in [-0.3, -0.25) is 9.59 Å². The van der Waals surface area contributed by atoms with Gasteiger partial charge in [-0.1, -0.05) is 43.0 Å². The molecule has 2 N–H and O–H groups in total. The molecule has 1 aliphatic carbocycles. The molecule has 8 heteroatoms. The molecule has 0 atom stereocenters. The molecule has 1 aliphatic rings. The number of nitrogens with one attached hydrogen (secondary N) is 2. The summed E-state index contributed by atoms with van der Waals surface area (Å²) in [5.74, 6) is 1.38. The average Bonchev–Trinajstić information content (AvgIpc) is 2.83. The van der Waals surface area contributed by atoms with E-state index < -0.39 is 0 Å². The Morgan fingerprint density at radius 3 is 2.50 bits per heavy atom. The van der Waals surface area contributed by atoms with Crippen LogP contribution < -0.4 is 20.1 Å². The minimum absolute atomic E-state index is 0.0140. The highest BCUT2D eigenvalue weighted by Crippen LogP contribution is 2.36. The summed E-state index contributed by atoms with van der Waals surface area (Å²) in [4.78, 5) is 26.1. The second-order valence-corrected chi connectivity index (χ2v) is 9.16. The van der Waals surface area contributed by atoms with Gasteiger partial charge in [-0.25, -0.2) is 0 Å². The van der Waals surface area contributed by atoms with Crippen molar-refractivity contribution in [3.63, 3.8) is 0 Å². The van der Waals surface area contributed by atoms with E-state index in [0.29, 0.717) is 33.7 Å². The zero-order valence-corrected chi connectivity index (χ0v) is 20.0. The van der Waals surface area contributed by atoms with Crippen molar-refractivity contribution in [1.29, 1.82) is 0 Å². The number of carbonyl (C=O) groups excluding carboxylic acids is 2. The highest BCUT2D eigenvalue weighted by atomic mass is 35.5. The van der Waals surface area contributed by atoms with Gasteiger partial charge in [0.25, 0.3) is 5.91 Å². The Hall–Kier alpha value is -2.38. The Morgan fingerprint density at radius 1 is 1.06 bits per heavy atom. The van der Waals surface area contributed by atoms with Crippen LogP contribution in [0.4, 0.5) is 5.69 Å². The van der Waals surface area contributed by atoms with Crippen LogP contribution in [0.2, 0.25) is 5.02 Å². The van der Waals surface area contributed by atoms with Crippen LogP contribution in [0.25, 0.3) is 0 Å². The van der Waals surface area contributed by atoms with E-state index in [-0.39, 0.29) is 17.6 Å². The molecule has 0 heterocycles. The van der Waals surface area contributed by atoms with Gasteiger partial charge < -0.3 is 20.1 Å². The predicted octanol–water partition coefficient (Wildman–Crippen LogP) is 5.40. The van der Waals surface area contributed by atoms with Crippen LogP contribution in [-0.4, -0.2) is 38.3 Å². The third-order valence-corrected chi connectivity index (χ3v) is 6.89. The number of rotatable bonds is 9. The summed E-state index contributed by atoms with van der Waals surface area (Å²) in [6, 6.07) is 10.4. The van der Waals surface area contributed by atoms with Crippen molar-refractivity contribution in [2.45, 2.75) is 37.0 Å². The van der Waals surface area contributed by atoms with Crippen molar-refractivity contribution in [3.8, 4) is 11.5 Å². The van der Waals surface area contributed by atoms with Crippen molar-refractivity contribution in [3.05, 3.63) is 47.0 Å². The van der Waals surface area contributed by atoms with E-state index in [1.54, 1.807) is 24.3 Å². The van der Waals surface area contributed by atoms with Gasteiger partial charge >= 0.3 is 0 Å². The van der Waals surface area contributed by atoms with Gasteiger partial charge in [0, 0.05) is 23.6 Å². The highest BCUT2D eigenvalue weighted by Gasteiger charge is 2.18. The van der Waals surface area contributed by atoms with E-state index in [0.717, 1.165) is 11.4 Å². The lowest BCUT2D eigenvalue weighted by atomic mass is 9.89. The molecule has 0 unspecified atom stereocenters. The molecule has 0 bridgehead atoms. The summed E-state index contributed by atoms with van der Waals surface area (Å²) >= 11 is 7.50. The molecule has 0 spiro atoms. The standard InChI is InChI=1S/C24H29ClN2O4S/c1-30-20-13-19(21(31-2)12-18(20)25)27-24(29)17-10-6-7-11-22(17)32-15-23(28)26-14-16-8-4-3-5-9-16/h6-7,10-13,16H,3-5,8-9,14-15H2,1-2H3,(H,26,28)(H,27,29). The van der Waals surface area contributed by atoms with Crippen LogP contribution in [0.15, 0.2) is 41.3 Å². The van der Waals surface area contributed by atoms with Crippen molar-refractivity contribution in [2.75, 3.05) is 31.8 Å². The summed E-state index contributed by atoms with van der Waals surface area (Å²) < 4.78 is 10.6. The van der Waals surface area contributed by atoms with Crippen molar-refractivity contribution < 1.29 is 19.1 Å². The lowest BCUT2D eigenvalue weighted by Gasteiger charge is -2.21. The fourth-order valence-electron chi connectivity index (χ4n) is 3.77. The van der Waals surface area contributed by atoms with Crippen LogP contribution in [0.1, 0.15) is 42.5 Å². The van der Waals surface area contributed by atoms with Crippen LogP contribution in [-0.2, 0) is 4.79 Å². The first-order valence-corrected chi connectivity index (χ1v) is 12.1. The number of ether oxygens (including phenoxy) is 2. The van der Waals surface area contributed by atoms with Crippen molar-refractivity contribution in [2.24, 2.45) is 5.92 Å². The number of anilines is 1. The second-order valence-electron chi connectivity index (χ2n) is 7.73. The van der Waals surface area contributed by atoms with Crippen LogP contribution in [0, 0.1) is 5.92 Å². The Morgan fingerprint density at radius 2 is 1.78 bits per heavy atom. The van der Waals surface area contributed by atoms with E-state index in [1.165, 1.54) is 58.1 Å². The summed E-state index contributed by atoms with van der Waals surface area (Å²) in [7, 11) is 3.01. The number of thioether (sulfide) groups is 1. The van der Waals surface area contributed by atoms with E-state index >= 15 is 0 Å². The molecule has 6 nitrogen and oxygen atoms in total. The van der Waals surface area contributed by atoms with Crippen LogP contribution >= 0.6 is 23.4 Å². The van der Waals surface area contributed by atoms with Gasteiger partial charge in [-0.15, -0.1) is 11.8 Å². The third-order valence-electron chi connectivity index (χ3n) is 5.53. The second kappa shape index (κ2) is 12.0. The lowest BCUT2D eigenvalue weighted by Crippen LogP contribution is -2.31. The topological polar surface area (TPSA) is 76.7 Å². The smallest absolute Gasteiger partial charge is 0.256 e. The zero-order valence-electron chi connectivity index (χ0n) is 18.4. The summed E-state index contributed by atoms with van der Waals surface area (Å²) in [6.07, 6.45) is 6.18. The van der Waals surface area contributed by atoms with Gasteiger partial charge in [0.05, 0.1) is 36.2 Å². The molecule has 1 saturated carbocycles. The lowest BCUT2D eigenvalue weighted by molar-refractivity contribution is -0.118. The Labute approximate surface area is 198 Å². The van der Waals surface area contributed by atoms with Crippen LogP contribution in [0.3, 0.4) is 0 Å². The third kappa shape index (κ3) is 6.56. The largest absolute Gasteiger partial charge is 0.495 e. The molecule has 3 rings (SSSR count). The number of benzene rings is 2. The molecule has 0 saturated heterocycles. The van der Waals surface area contributed by atoms with Crippen molar-refractivity contribution in [1.82, 2.24) is 5.32 Å². The number of halogens is 1. The number of hydrogen-bond acceptors (Lipinski definition) is 5. The first-order chi connectivity index (χ1) is 15.5. The predicted molar refractivity (Wildman–Crippen MR) is 129 cm³/mol. The fourth-order valence-corrected chi connectivity index (χ4v) is 4.88. The number of methoxy groups -OCH3 is 2. The first kappa shape index (κ1) is 24.3. The van der Waals surface area contributed by atoms with Gasteiger partial charge in [0.1, 0.15) is 11.5 Å². The number of hydrogen-bond donors (Lipinski definition) is 2. The Balaban J connectivity index is 1.63. The van der Waals surface area contributed by atoms with E-state index in [2.05, 4.69) is 10.6 Å². The molecule has 32 heavy (non-hydrogen) atoms. The normalized spacial score (nSPS) is 14.0. The molecular weight excluding hydrogens is 448 g/mol. The summed E-state index contributed by atoms with van der Waals surface area (Å²) in [6.45, 7) is 0.736. The number of amides is 2. The van der Waals surface area contributed by atoms with Crippen molar-refractivity contribution >= 4 is 40.9 Å². The molecule has 2 amide bonds. The van der Waals surface area contributed by atoms with Gasteiger partial charge in [-0.2, -0.15) is 0 Å². The molecular formula is C24H29ClN2O4S. The van der Waals surface area contributed by atoms with E-state index in [1.807, 2.05) is 12.1 Å². The minimum atomic E-state index is -0.307. The SMILES string of the molecule is COc1cc(NC(=O)c2ccccc2SCC(=O)NCC2CCCCC2)c(OC)cc1Cl. The Bertz CT molecular complexity index is 948. The monoisotopic (exact) mass is 476 g/mol. The molecule has 172 valence electrons. The van der Waals surface area contributed by atoms with Gasteiger partial charge in [-0.05, 0) is 30.9 Å². The van der Waals surface area contributed by atoms with Gasteiger partial charge in [0.2, 0.25) is 5.91 Å². The molecule has 0 radical (unpaired) electrons. The maximum Gasteiger partial charge on any atom is 0.256 e. The summed E-state index contributed by atoms with van der Waals surface area (Å²) in [5, 5.41) is 6.29. The molecule has 2 aromatic rings. The quantitative estimate of drug-likeness (QED) is 0.474. The summed E-state index contributed by atoms with van der Waals surface area (Å²) in [5.41, 5.74) is 0.928. The molecule has 0 aliphatic heterocycles.